The van der Waals surface area contributed by atoms with E-state index in [2.05, 4.69) is 20.2 Å². The summed E-state index contributed by atoms with van der Waals surface area (Å²) < 4.78 is 26.0. The van der Waals surface area contributed by atoms with Crippen LogP contribution in [0.25, 0.3) is 10.9 Å². The van der Waals surface area contributed by atoms with Crippen LogP contribution in [0.4, 0.5) is 26.4 Å². The second kappa shape index (κ2) is 7.30. The number of aromatic nitrogens is 2. The van der Waals surface area contributed by atoms with E-state index in [0.29, 0.717) is 52.5 Å². The molecule has 9 heteroatoms. The summed E-state index contributed by atoms with van der Waals surface area (Å²) in [5.74, 6) is 0.585. The van der Waals surface area contributed by atoms with Crippen LogP contribution in [-0.2, 0) is 4.74 Å². The van der Waals surface area contributed by atoms with Gasteiger partial charge in [0.1, 0.15) is 23.7 Å². The standard InChI is InChI=1S/C23H24FN5O3/c1-13-6-5-7-16(20(13)24)27-21-15-8-18(19(31-4)9-17(15)25-12-26-21)29-11-23(32-22(29)30)10-28(3)14(23)2/h5-9,12,14H,10-11H2,1-4H3,(H,25,26,27). The Hall–Kier alpha value is -3.46. The van der Waals surface area contributed by atoms with Crippen LogP contribution in [0.1, 0.15) is 12.5 Å². The smallest absolute Gasteiger partial charge is 0.415 e. The molecular weight excluding hydrogens is 413 g/mol. The third kappa shape index (κ3) is 3.03. The fourth-order valence-electron chi connectivity index (χ4n) is 4.48. The van der Waals surface area contributed by atoms with Crippen LogP contribution in [-0.4, -0.2) is 59.9 Å². The Morgan fingerprint density at radius 1 is 1.28 bits per heavy atom. The number of carbonyl (C=O) groups is 1. The molecule has 2 fully saturated rings. The number of likely N-dealkylation sites (N-methyl/N-ethyl adjacent to an activating group) is 1. The number of nitrogens with one attached hydrogen (secondary N) is 1. The largest absolute Gasteiger partial charge is 0.494 e. The minimum atomic E-state index is -0.537. The van der Waals surface area contributed by atoms with Crippen molar-refractivity contribution in [3.05, 3.63) is 48.0 Å². The molecule has 0 bridgehead atoms. The van der Waals surface area contributed by atoms with Crippen LogP contribution in [0.2, 0.25) is 0 Å². The number of methoxy groups -OCH3 is 1. The van der Waals surface area contributed by atoms with E-state index in [9.17, 15) is 9.18 Å². The normalized spacial score (nSPS) is 22.8. The van der Waals surface area contributed by atoms with Gasteiger partial charge in [0.05, 0.1) is 30.5 Å². The average molecular weight is 437 g/mol. The van der Waals surface area contributed by atoms with Crippen LogP contribution in [0.5, 0.6) is 5.75 Å². The van der Waals surface area contributed by atoms with E-state index in [0.717, 1.165) is 0 Å². The predicted molar refractivity (Wildman–Crippen MR) is 119 cm³/mol. The van der Waals surface area contributed by atoms with Gasteiger partial charge in [-0.15, -0.1) is 0 Å². The van der Waals surface area contributed by atoms with Crippen molar-refractivity contribution in [1.29, 1.82) is 0 Å². The lowest BCUT2D eigenvalue weighted by atomic mass is 9.85. The number of hydrogen-bond acceptors (Lipinski definition) is 7. The third-order valence-corrected chi connectivity index (χ3v) is 6.55. The topological polar surface area (TPSA) is 79.8 Å². The van der Waals surface area contributed by atoms with Crippen molar-refractivity contribution in [3.8, 4) is 5.75 Å². The van der Waals surface area contributed by atoms with E-state index < -0.39 is 11.7 Å². The molecule has 1 amide bonds. The summed E-state index contributed by atoms with van der Waals surface area (Å²) in [5, 5.41) is 3.70. The summed E-state index contributed by atoms with van der Waals surface area (Å²) in [6.45, 7) is 4.84. The number of carbonyl (C=O) groups excluding carboxylic acids is 1. The molecular formula is C23H24FN5O3. The summed E-state index contributed by atoms with van der Waals surface area (Å²) >= 11 is 0. The Bertz CT molecular complexity index is 1240. The van der Waals surface area contributed by atoms with Crippen molar-refractivity contribution in [1.82, 2.24) is 14.9 Å². The number of fused-ring (bicyclic) bond motifs is 1. The number of nitrogens with zero attached hydrogens (tertiary/aromatic N) is 4. The highest BCUT2D eigenvalue weighted by atomic mass is 19.1. The highest BCUT2D eigenvalue weighted by Gasteiger charge is 2.58. The van der Waals surface area contributed by atoms with Gasteiger partial charge in [0.25, 0.3) is 0 Å². The third-order valence-electron chi connectivity index (χ3n) is 6.55. The number of amides is 1. The summed E-state index contributed by atoms with van der Waals surface area (Å²) in [6.07, 6.45) is 0.987. The van der Waals surface area contributed by atoms with E-state index in [1.165, 1.54) is 6.33 Å². The fourth-order valence-corrected chi connectivity index (χ4v) is 4.48. The molecule has 3 heterocycles. The minimum absolute atomic E-state index is 0.118. The molecule has 1 spiro atoms. The van der Waals surface area contributed by atoms with Crippen molar-refractivity contribution < 1.29 is 18.7 Å². The van der Waals surface area contributed by atoms with Crippen molar-refractivity contribution in [2.75, 3.05) is 37.5 Å². The zero-order chi connectivity index (χ0) is 22.6. The van der Waals surface area contributed by atoms with Crippen molar-refractivity contribution >= 4 is 34.2 Å². The maximum Gasteiger partial charge on any atom is 0.415 e. The Labute approximate surface area is 185 Å². The predicted octanol–water partition coefficient (Wildman–Crippen LogP) is 3.86. The van der Waals surface area contributed by atoms with Crippen LogP contribution in [0.3, 0.4) is 0 Å². The summed E-state index contributed by atoms with van der Waals surface area (Å²) in [4.78, 5) is 25.2. The van der Waals surface area contributed by atoms with Gasteiger partial charge in [-0.2, -0.15) is 0 Å². The molecule has 1 N–H and O–H groups in total. The molecule has 0 aliphatic carbocycles. The lowest BCUT2D eigenvalue weighted by molar-refractivity contribution is -0.108. The molecule has 2 aromatic carbocycles. The van der Waals surface area contributed by atoms with Gasteiger partial charge < -0.3 is 14.8 Å². The van der Waals surface area contributed by atoms with Gasteiger partial charge in [-0.25, -0.2) is 19.2 Å². The number of rotatable bonds is 4. The number of likely N-dealkylation sites (tertiary alicyclic amines) is 1. The lowest BCUT2D eigenvalue weighted by Crippen LogP contribution is -2.68. The van der Waals surface area contributed by atoms with E-state index in [1.54, 1.807) is 49.3 Å². The maximum atomic E-state index is 14.6. The second-order valence-electron chi connectivity index (χ2n) is 8.43. The van der Waals surface area contributed by atoms with Crippen molar-refractivity contribution in [3.63, 3.8) is 0 Å². The molecule has 1 aromatic heterocycles. The SMILES string of the molecule is COc1cc2ncnc(Nc3cccc(C)c3F)c2cc1N1CC2(CN(C)C2C)OC1=O. The van der Waals surface area contributed by atoms with Gasteiger partial charge in [0, 0.05) is 24.0 Å². The number of aryl methyl sites for hydroxylation is 1. The number of hydrogen-bond donors (Lipinski definition) is 1. The second-order valence-corrected chi connectivity index (χ2v) is 8.43. The first kappa shape index (κ1) is 20.4. The summed E-state index contributed by atoms with van der Waals surface area (Å²) in [5.41, 5.74) is 1.47. The number of ether oxygens (including phenoxy) is 2. The number of anilines is 3. The van der Waals surface area contributed by atoms with E-state index in [1.807, 2.05) is 14.0 Å². The first-order valence-corrected chi connectivity index (χ1v) is 10.4. The minimum Gasteiger partial charge on any atom is -0.494 e. The highest BCUT2D eigenvalue weighted by Crippen LogP contribution is 2.43. The number of halogens is 1. The van der Waals surface area contributed by atoms with Crippen LogP contribution in [0.15, 0.2) is 36.7 Å². The Balaban J connectivity index is 1.57. The molecule has 2 atom stereocenters. The van der Waals surface area contributed by atoms with Crippen LogP contribution in [0, 0.1) is 12.7 Å². The maximum absolute atomic E-state index is 14.6. The summed E-state index contributed by atoms with van der Waals surface area (Å²) in [6, 6.07) is 8.78. The molecule has 166 valence electrons. The van der Waals surface area contributed by atoms with Gasteiger partial charge >= 0.3 is 6.09 Å². The molecule has 3 aromatic rings. The fraction of sp³-hybridized carbons (Fsp3) is 0.348. The molecule has 32 heavy (non-hydrogen) atoms. The molecule has 0 radical (unpaired) electrons. The van der Waals surface area contributed by atoms with Crippen molar-refractivity contribution in [2.24, 2.45) is 0 Å². The van der Waals surface area contributed by atoms with Gasteiger partial charge in [-0.1, -0.05) is 12.1 Å². The first-order chi connectivity index (χ1) is 15.3. The Kier molecular flexibility index (Phi) is 4.67. The zero-order valence-electron chi connectivity index (χ0n) is 18.3. The number of benzene rings is 2. The monoisotopic (exact) mass is 437 g/mol. The zero-order valence-corrected chi connectivity index (χ0v) is 18.3. The van der Waals surface area contributed by atoms with Crippen LogP contribution < -0.4 is 15.0 Å². The average Bonchev–Trinajstić information content (AvgIpc) is 3.14. The van der Waals surface area contributed by atoms with E-state index >= 15 is 0 Å². The van der Waals surface area contributed by atoms with Gasteiger partial charge in [-0.05, 0) is 38.6 Å². The summed E-state index contributed by atoms with van der Waals surface area (Å²) in [7, 11) is 3.55. The molecule has 2 saturated heterocycles. The van der Waals surface area contributed by atoms with Gasteiger partial charge in [-0.3, -0.25) is 9.80 Å². The van der Waals surface area contributed by atoms with Crippen molar-refractivity contribution in [2.45, 2.75) is 25.5 Å². The van der Waals surface area contributed by atoms with Gasteiger partial charge in [0.2, 0.25) is 0 Å². The molecule has 2 unspecified atom stereocenters. The molecule has 5 rings (SSSR count). The lowest BCUT2D eigenvalue weighted by Gasteiger charge is -2.50. The van der Waals surface area contributed by atoms with Gasteiger partial charge in [0.15, 0.2) is 5.60 Å². The highest BCUT2D eigenvalue weighted by molar-refractivity contribution is 6.00. The van der Waals surface area contributed by atoms with Crippen LogP contribution >= 0.6 is 0 Å². The molecule has 2 aliphatic heterocycles. The molecule has 2 aliphatic rings. The van der Waals surface area contributed by atoms with E-state index in [-0.39, 0.29) is 11.9 Å². The quantitative estimate of drug-likeness (QED) is 0.664. The Morgan fingerprint density at radius 2 is 2.09 bits per heavy atom. The first-order valence-electron chi connectivity index (χ1n) is 10.4. The van der Waals surface area contributed by atoms with E-state index in [4.69, 9.17) is 9.47 Å². The molecule has 0 saturated carbocycles. The molecule has 8 nitrogen and oxygen atoms in total. The Morgan fingerprint density at radius 3 is 2.81 bits per heavy atom.